The quantitative estimate of drug-likeness (QED) is 0.572. The number of ether oxygens (including phenoxy) is 2. The Balaban J connectivity index is 0. The average Bonchev–Trinajstić information content (AvgIpc) is 2.23. The van der Waals surface area contributed by atoms with E-state index < -0.39 is 12.1 Å². The summed E-state index contributed by atoms with van der Waals surface area (Å²) in [5, 5.41) is 25.1. The van der Waals surface area contributed by atoms with E-state index in [1.165, 1.54) is 0 Å². The number of aliphatic carboxylic acids is 1. The molecule has 0 amide bonds. The predicted molar refractivity (Wildman–Crippen MR) is 58.3 cm³/mol. The Bertz CT molecular complexity index is 159. The van der Waals surface area contributed by atoms with Crippen molar-refractivity contribution in [2.75, 3.05) is 26.4 Å². The largest absolute Gasteiger partial charge is 0.480 e. The molecule has 2 unspecified atom stereocenters. The maximum absolute atomic E-state index is 9.63. The van der Waals surface area contributed by atoms with Gasteiger partial charge in [0.15, 0.2) is 0 Å². The molecule has 0 aromatic rings. The monoisotopic (exact) mass is 238 g/mol. The van der Waals surface area contributed by atoms with Crippen molar-refractivity contribution >= 4 is 5.97 Å². The van der Waals surface area contributed by atoms with Crippen LogP contribution in [0.3, 0.4) is 0 Å². The number of carboxylic acids is 1. The lowest BCUT2D eigenvalue weighted by atomic mass is 10.4. The van der Waals surface area contributed by atoms with Gasteiger partial charge < -0.3 is 24.8 Å². The van der Waals surface area contributed by atoms with Crippen LogP contribution in [0.4, 0.5) is 0 Å². The highest BCUT2D eigenvalue weighted by Gasteiger charge is 2.00. The Morgan fingerprint density at radius 2 is 1.94 bits per heavy atom. The van der Waals surface area contributed by atoms with E-state index in [0.717, 1.165) is 0 Å². The first-order chi connectivity index (χ1) is 7.43. The summed E-state index contributed by atoms with van der Waals surface area (Å²) in [6, 6.07) is 0. The highest BCUT2D eigenvalue weighted by molar-refractivity contribution is 5.67. The number of rotatable bonds is 7. The lowest BCUT2D eigenvalue weighted by Crippen LogP contribution is -2.19. The number of hydrogen-bond donors (Lipinski definition) is 3. The van der Waals surface area contributed by atoms with Crippen molar-refractivity contribution in [2.45, 2.75) is 33.0 Å². The molecule has 0 aromatic heterocycles. The van der Waals surface area contributed by atoms with Crippen LogP contribution in [0.2, 0.25) is 0 Å². The minimum Gasteiger partial charge on any atom is -0.480 e. The van der Waals surface area contributed by atoms with Crippen LogP contribution >= 0.6 is 0 Å². The molecule has 0 fully saturated rings. The standard InChI is InChI=1S/C6H14O3.C4H8O3/c1-5(8)4-9-6(2)3-7;1-2-7-3-4(5)6/h5-8H,3-4H2,1-2H3;2-3H2,1H3,(H,5,6). The first-order valence-electron chi connectivity index (χ1n) is 5.14. The summed E-state index contributed by atoms with van der Waals surface area (Å²) < 4.78 is 9.45. The van der Waals surface area contributed by atoms with Crippen LogP contribution in [0, 0.1) is 0 Å². The van der Waals surface area contributed by atoms with Crippen molar-refractivity contribution in [1.82, 2.24) is 0 Å². The van der Waals surface area contributed by atoms with Gasteiger partial charge in [-0.1, -0.05) is 0 Å². The zero-order valence-corrected chi connectivity index (χ0v) is 10.0. The molecule has 0 spiro atoms. The second kappa shape index (κ2) is 12.4. The zero-order valence-electron chi connectivity index (χ0n) is 10.0. The van der Waals surface area contributed by atoms with Crippen molar-refractivity contribution in [2.24, 2.45) is 0 Å². The van der Waals surface area contributed by atoms with Crippen LogP contribution in [-0.2, 0) is 14.3 Å². The molecule has 2 atom stereocenters. The zero-order chi connectivity index (χ0) is 13.0. The topological polar surface area (TPSA) is 96.2 Å². The van der Waals surface area contributed by atoms with Crippen molar-refractivity contribution in [3.63, 3.8) is 0 Å². The normalized spacial score (nSPS) is 13.6. The van der Waals surface area contributed by atoms with Gasteiger partial charge in [0.25, 0.3) is 0 Å². The molecular formula is C10H22O6. The van der Waals surface area contributed by atoms with Crippen LogP contribution in [-0.4, -0.2) is 59.9 Å². The van der Waals surface area contributed by atoms with Crippen LogP contribution in [0.25, 0.3) is 0 Å². The average molecular weight is 238 g/mol. The molecule has 0 aliphatic heterocycles. The molecule has 0 aromatic carbocycles. The molecule has 0 saturated carbocycles. The summed E-state index contributed by atoms with van der Waals surface area (Å²) in [5.74, 6) is -0.915. The Kier molecular flexibility index (Phi) is 13.7. The lowest BCUT2D eigenvalue weighted by molar-refractivity contribution is -0.142. The van der Waals surface area contributed by atoms with E-state index in [-0.39, 0.29) is 19.3 Å². The summed E-state index contributed by atoms with van der Waals surface area (Å²) in [4.78, 5) is 9.63. The molecule has 6 heteroatoms. The third kappa shape index (κ3) is 19.0. The van der Waals surface area contributed by atoms with Gasteiger partial charge in [-0.3, -0.25) is 0 Å². The number of carbonyl (C=O) groups is 1. The fourth-order valence-electron chi connectivity index (χ4n) is 0.546. The van der Waals surface area contributed by atoms with E-state index in [1.807, 2.05) is 0 Å². The van der Waals surface area contributed by atoms with Gasteiger partial charge in [0.05, 0.1) is 25.4 Å². The number of aliphatic hydroxyl groups is 2. The smallest absolute Gasteiger partial charge is 0.329 e. The number of aliphatic hydroxyl groups excluding tert-OH is 2. The van der Waals surface area contributed by atoms with Crippen molar-refractivity contribution in [3.05, 3.63) is 0 Å². The van der Waals surface area contributed by atoms with Gasteiger partial charge in [-0.05, 0) is 20.8 Å². The van der Waals surface area contributed by atoms with E-state index in [9.17, 15) is 4.79 Å². The molecule has 0 rings (SSSR count). The minimum atomic E-state index is -0.915. The first kappa shape index (κ1) is 17.7. The maximum Gasteiger partial charge on any atom is 0.329 e. The van der Waals surface area contributed by atoms with Gasteiger partial charge in [-0.2, -0.15) is 0 Å². The SMILES string of the molecule is CC(O)COC(C)CO.CCOCC(=O)O. The van der Waals surface area contributed by atoms with Crippen molar-refractivity contribution in [3.8, 4) is 0 Å². The second-order valence-electron chi connectivity index (χ2n) is 3.21. The summed E-state index contributed by atoms with van der Waals surface area (Å²) in [6.45, 7) is 5.73. The molecule has 16 heavy (non-hydrogen) atoms. The molecule has 98 valence electrons. The maximum atomic E-state index is 9.63. The van der Waals surface area contributed by atoms with Crippen molar-refractivity contribution < 1.29 is 29.6 Å². The van der Waals surface area contributed by atoms with E-state index in [2.05, 4.69) is 4.74 Å². The van der Waals surface area contributed by atoms with Gasteiger partial charge >= 0.3 is 5.97 Å². The van der Waals surface area contributed by atoms with Gasteiger partial charge in [-0.25, -0.2) is 4.79 Å². The molecule has 0 bridgehead atoms. The van der Waals surface area contributed by atoms with Gasteiger partial charge in [-0.15, -0.1) is 0 Å². The fourth-order valence-corrected chi connectivity index (χ4v) is 0.546. The molecule has 0 radical (unpaired) electrons. The van der Waals surface area contributed by atoms with Crippen LogP contribution in [0.5, 0.6) is 0 Å². The Hall–Kier alpha value is -0.690. The Morgan fingerprint density at radius 1 is 1.38 bits per heavy atom. The molecule has 3 N–H and O–H groups in total. The summed E-state index contributed by atoms with van der Waals surface area (Å²) in [7, 11) is 0. The highest BCUT2D eigenvalue weighted by Crippen LogP contribution is 1.90. The summed E-state index contributed by atoms with van der Waals surface area (Å²) in [6.07, 6.45) is -0.612. The first-order valence-corrected chi connectivity index (χ1v) is 5.14. The minimum absolute atomic E-state index is 0.00667. The molecule has 0 aliphatic rings. The van der Waals surface area contributed by atoms with Gasteiger partial charge in [0.1, 0.15) is 6.61 Å². The summed E-state index contributed by atoms with van der Waals surface area (Å²) >= 11 is 0. The Morgan fingerprint density at radius 3 is 2.19 bits per heavy atom. The summed E-state index contributed by atoms with van der Waals surface area (Å²) in [5.41, 5.74) is 0. The Labute approximate surface area is 95.8 Å². The van der Waals surface area contributed by atoms with Crippen LogP contribution in [0.15, 0.2) is 0 Å². The number of hydrogen-bond acceptors (Lipinski definition) is 5. The molecular weight excluding hydrogens is 216 g/mol. The van der Waals surface area contributed by atoms with E-state index in [4.69, 9.17) is 20.1 Å². The molecule has 0 heterocycles. The molecule has 6 nitrogen and oxygen atoms in total. The van der Waals surface area contributed by atoms with Gasteiger partial charge in [0, 0.05) is 6.61 Å². The van der Waals surface area contributed by atoms with E-state index in [1.54, 1.807) is 20.8 Å². The third-order valence-electron chi connectivity index (χ3n) is 1.31. The fraction of sp³-hybridized carbons (Fsp3) is 0.900. The van der Waals surface area contributed by atoms with Gasteiger partial charge in [0.2, 0.25) is 0 Å². The van der Waals surface area contributed by atoms with E-state index in [0.29, 0.717) is 13.2 Å². The lowest BCUT2D eigenvalue weighted by Gasteiger charge is -2.10. The van der Waals surface area contributed by atoms with E-state index >= 15 is 0 Å². The van der Waals surface area contributed by atoms with Crippen LogP contribution in [0.1, 0.15) is 20.8 Å². The molecule has 0 saturated heterocycles. The second-order valence-corrected chi connectivity index (χ2v) is 3.21. The van der Waals surface area contributed by atoms with Crippen LogP contribution < -0.4 is 0 Å². The third-order valence-corrected chi connectivity index (χ3v) is 1.31. The molecule has 0 aliphatic carbocycles. The number of carboxylic acid groups (broad SMARTS) is 1. The van der Waals surface area contributed by atoms with Crippen molar-refractivity contribution in [1.29, 1.82) is 0 Å². The highest BCUT2D eigenvalue weighted by atomic mass is 16.5. The predicted octanol–water partition coefficient (Wildman–Crippen LogP) is -0.128.